The van der Waals surface area contributed by atoms with Crippen molar-refractivity contribution in [2.75, 3.05) is 0 Å². The minimum absolute atomic E-state index is 0.0839. The lowest BCUT2D eigenvalue weighted by Gasteiger charge is -2.07. The minimum atomic E-state index is -0.623. The molecule has 94 valence electrons. The molecule has 1 aromatic heterocycles. The SMILES string of the molecule is O=c1oc2c(-c3ccccc3)cccc2c(Cl)c1Cl. The molecule has 0 fully saturated rings. The van der Waals surface area contributed by atoms with Crippen LogP contribution in [0.2, 0.25) is 10.0 Å². The fourth-order valence-corrected chi connectivity index (χ4v) is 2.38. The highest BCUT2D eigenvalue weighted by Gasteiger charge is 2.14. The summed E-state index contributed by atoms with van der Waals surface area (Å²) < 4.78 is 5.29. The van der Waals surface area contributed by atoms with Crippen LogP contribution in [0, 0.1) is 0 Å². The maximum atomic E-state index is 11.7. The van der Waals surface area contributed by atoms with E-state index in [9.17, 15) is 4.79 Å². The second kappa shape index (κ2) is 4.72. The van der Waals surface area contributed by atoms with Gasteiger partial charge in [-0.25, -0.2) is 4.79 Å². The van der Waals surface area contributed by atoms with E-state index in [1.807, 2.05) is 42.5 Å². The maximum Gasteiger partial charge on any atom is 0.356 e. The molecule has 0 atom stereocenters. The van der Waals surface area contributed by atoms with Gasteiger partial charge >= 0.3 is 5.63 Å². The molecular formula is C15H8Cl2O2. The lowest BCUT2D eigenvalue weighted by Crippen LogP contribution is -2.00. The van der Waals surface area contributed by atoms with Crippen molar-refractivity contribution in [3.63, 3.8) is 0 Å². The summed E-state index contributed by atoms with van der Waals surface area (Å²) >= 11 is 11.9. The van der Waals surface area contributed by atoms with Gasteiger partial charge in [-0.05, 0) is 11.6 Å². The normalized spacial score (nSPS) is 10.8. The number of rotatable bonds is 1. The number of hydrogen-bond acceptors (Lipinski definition) is 2. The second-order valence-electron chi connectivity index (χ2n) is 4.07. The third-order valence-corrected chi connectivity index (χ3v) is 3.74. The second-order valence-corrected chi connectivity index (χ2v) is 4.82. The molecule has 3 aromatic rings. The van der Waals surface area contributed by atoms with Gasteiger partial charge in [-0.1, -0.05) is 65.7 Å². The first-order chi connectivity index (χ1) is 9.18. The third kappa shape index (κ3) is 2.03. The van der Waals surface area contributed by atoms with Crippen molar-refractivity contribution in [1.29, 1.82) is 0 Å². The van der Waals surface area contributed by atoms with E-state index in [1.54, 1.807) is 6.07 Å². The molecule has 0 saturated carbocycles. The lowest BCUT2D eigenvalue weighted by atomic mass is 10.0. The lowest BCUT2D eigenvalue weighted by molar-refractivity contribution is 0.562. The number of benzene rings is 2. The fraction of sp³-hybridized carbons (Fsp3) is 0. The number of fused-ring (bicyclic) bond motifs is 1. The van der Waals surface area contributed by atoms with E-state index in [2.05, 4.69) is 0 Å². The van der Waals surface area contributed by atoms with Gasteiger partial charge < -0.3 is 4.42 Å². The fourth-order valence-electron chi connectivity index (χ4n) is 2.01. The molecule has 0 unspecified atom stereocenters. The van der Waals surface area contributed by atoms with Crippen molar-refractivity contribution >= 4 is 34.2 Å². The van der Waals surface area contributed by atoms with Crippen molar-refractivity contribution < 1.29 is 4.42 Å². The highest BCUT2D eigenvalue weighted by Crippen LogP contribution is 2.33. The van der Waals surface area contributed by atoms with Crippen LogP contribution in [0.1, 0.15) is 0 Å². The Morgan fingerprint density at radius 2 is 1.58 bits per heavy atom. The van der Waals surface area contributed by atoms with Gasteiger partial charge in [0.05, 0.1) is 5.02 Å². The Morgan fingerprint density at radius 3 is 2.32 bits per heavy atom. The molecule has 2 nitrogen and oxygen atoms in total. The number of para-hydroxylation sites is 1. The highest BCUT2D eigenvalue weighted by molar-refractivity contribution is 6.45. The quantitative estimate of drug-likeness (QED) is 0.605. The van der Waals surface area contributed by atoms with Gasteiger partial charge in [-0.15, -0.1) is 0 Å². The summed E-state index contributed by atoms with van der Waals surface area (Å²) in [4.78, 5) is 11.7. The molecule has 2 aromatic carbocycles. The predicted molar refractivity (Wildman–Crippen MR) is 77.9 cm³/mol. The van der Waals surface area contributed by atoms with Crippen molar-refractivity contribution in [3.8, 4) is 11.1 Å². The van der Waals surface area contributed by atoms with Crippen LogP contribution in [-0.2, 0) is 0 Å². The van der Waals surface area contributed by atoms with Gasteiger partial charge in [0.2, 0.25) is 0 Å². The molecule has 0 spiro atoms. The van der Waals surface area contributed by atoms with Crippen LogP contribution >= 0.6 is 23.2 Å². The molecule has 1 heterocycles. The van der Waals surface area contributed by atoms with E-state index in [0.717, 1.165) is 11.1 Å². The predicted octanol–water partition coefficient (Wildman–Crippen LogP) is 4.77. The van der Waals surface area contributed by atoms with E-state index in [0.29, 0.717) is 11.0 Å². The average Bonchev–Trinajstić information content (AvgIpc) is 2.45. The van der Waals surface area contributed by atoms with E-state index in [4.69, 9.17) is 27.6 Å². The summed E-state index contributed by atoms with van der Waals surface area (Å²) in [6.07, 6.45) is 0. The molecule has 19 heavy (non-hydrogen) atoms. The first-order valence-electron chi connectivity index (χ1n) is 5.65. The Labute approximate surface area is 119 Å². The van der Waals surface area contributed by atoms with Gasteiger partial charge in [0, 0.05) is 10.9 Å². The molecule has 0 saturated heterocycles. The van der Waals surface area contributed by atoms with E-state index < -0.39 is 5.63 Å². The highest BCUT2D eigenvalue weighted by atomic mass is 35.5. The van der Waals surface area contributed by atoms with Crippen LogP contribution < -0.4 is 5.63 Å². The van der Waals surface area contributed by atoms with Gasteiger partial charge in [0.15, 0.2) is 0 Å². The molecule has 0 aliphatic heterocycles. The standard InChI is InChI=1S/C15H8Cl2O2/c16-12-11-8-4-7-10(9-5-2-1-3-6-9)14(11)19-15(18)13(12)17/h1-8H. The van der Waals surface area contributed by atoms with Gasteiger partial charge in [-0.3, -0.25) is 0 Å². The molecule has 0 aliphatic carbocycles. The van der Waals surface area contributed by atoms with Crippen molar-refractivity contribution in [2.45, 2.75) is 0 Å². The van der Waals surface area contributed by atoms with Crippen LogP contribution in [0.15, 0.2) is 57.7 Å². The molecule has 0 amide bonds. The van der Waals surface area contributed by atoms with Crippen LogP contribution in [-0.4, -0.2) is 0 Å². The van der Waals surface area contributed by atoms with Crippen LogP contribution in [0.4, 0.5) is 0 Å². The summed E-state index contributed by atoms with van der Waals surface area (Å²) in [7, 11) is 0. The van der Waals surface area contributed by atoms with E-state index in [-0.39, 0.29) is 10.0 Å². The molecular weight excluding hydrogens is 283 g/mol. The minimum Gasteiger partial charge on any atom is -0.421 e. The zero-order valence-electron chi connectivity index (χ0n) is 9.69. The first-order valence-corrected chi connectivity index (χ1v) is 6.40. The van der Waals surface area contributed by atoms with E-state index in [1.165, 1.54) is 0 Å². The first kappa shape index (κ1) is 12.3. The maximum absolute atomic E-state index is 11.7. The summed E-state index contributed by atoms with van der Waals surface area (Å²) in [5.74, 6) is 0. The zero-order valence-corrected chi connectivity index (χ0v) is 11.2. The Kier molecular flexibility index (Phi) is 3.05. The Balaban J connectivity index is 2.43. The van der Waals surface area contributed by atoms with Gasteiger partial charge in [-0.2, -0.15) is 0 Å². The van der Waals surface area contributed by atoms with Gasteiger partial charge in [0.25, 0.3) is 0 Å². The molecule has 3 rings (SSSR count). The number of hydrogen-bond donors (Lipinski definition) is 0. The summed E-state index contributed by atoms with van der Waals surface area (Å²) in [5.41, 5.74) is 1.60. The van der Waals surface area contributed by atoms with Gasteiger partial charge in [0.1, 0.15) is 10.6 Å². The summed E-state index contributed by atoms with van der Waals surface area (Å²) in [6.45, 7) is 0. The molecule has 4 heteroatoms. The number of halogens is 2. The van der Waals surface area contributed by atoms with Crippen LogP contribution in [0.5, 0.6) is 0 Å². The topological polar surface area (TPSA) is 30.2 Å². The Morgan fingerprint density at radius 1 is 0.842 bits per heavy atom. The van der Waals surface area contributed by atoms with Crippen molar-refractivity contribution in [2.24, 2.45) is 0 Å². The molecule has 0 aliphatic rings. The average molecular weight is 291 g/mol. The van der Waals surface area contributed by atoms with Crippen LogP contribution in [0.25, 0.3) is 22.1 Å². The Hall–Kier alpha value is -1.77. The summed E-state index contributed by atoms with van der Waals surface area (Å²) in [6, 6.07) is 15.2. The molecule has 0 radical (unpaired) electrons. The largest absolute Gasteiger partial charge is 0.421 e. The zero-order chi connectivity index (χ0) is 13.4. The third-order valence-electron chi connectivity index (χ3n) is 2.90. The van der Waals surface area contributed by atoms with Crippen molar-refractivity contribution in [1.82, 2.24) is 0 Å². The summed E-state index contributed by atoms with van der Waals surface area (Å²) in [5, 5.41) is 0.776. The molecule has 0 bridgehead atoms. The molecule has 0 N–H and O–H groups in total. The van der Waals surface area contributed by atoms with Crippen LogP contribution in [0.3, 0.4) is 0 Å². The van der Waals surface area contributed by atoms with Crippen molar-refractivity contribution in [3.05, 3.63) is 69.0 Å². The Bertz CT molecular complexity index is 807. The monoisotopic (exact) mass is 290 g/mol. The van der Waals surface area contributed by atoms with E-state index >= 15 is 0 Å². The smallest absolute Gasteiger partial charge is 0.356 e.